The van der Waals surface area contributed by atoms with E-state index in [1.807, 2.05) is 0 Å². The average molecular weight is 1480 g/mol. The highest BCUT2D eigenvalue weighted by atomic mass is 32.1. The van der Waals surface area contributed by atoms with Crippen molar-refractivity contribution in [3.05, 3.63) is 307 Å². The van der Waals surface area contributed by atoms with Gasteiger partial charge in [-0.1, -0.05) is 194 Å². The summed E-state index contributed by atoms with van der Waals surface area (Å²) in [4.78, 5) is 157. The van der Waals surface area contributed by atoms with Gasteiger partial charge in [0.2, 0.25) is 0 Å². The summed E-state index contributed by atoms with van der Waals surface area (Å²) < 4.78 is 48.9. The molecule has 534 valence electrons. The molecule has 2 unspecified atom stereocenters. The molecule has 0 bridgehead atoms. The molecule has 0 radical (unpaired) electrons. The number of hydrogen-bond acceptors (Lipinski definition) is 24. The van der Waals surface area contributed by atoms with Crippen LogP contribution in [0, 0.1) is 34.5 Å². The molecule has 0 N–H and O–H groups in total. The van der Waals surface area contributed by atoms with E-state index < -0.39 is 105 Å². The topological polar surface area (TPSA) is 323 Å². The van der Waals surface area contributed by atoms with Crippen molar-refractivity contribution < 1.29 is 85.8 Å². The SMILES string of the molecule is CC1=C(C#N)C(=O)N(C(=O)OCc2ccccc2)C(=O)C1=Nc1cc2c(s1)C1=CC3C=C4OC(C(=O)OCc5ccccc5)(C(=O)OCc5ccccc5)c5cc(N=C6C(=O)N(C(=O)OCc7ccccc7)C(=O)C(C#N)=C6C)sc5C4=CC3C=C1OC2(C(=O)OCc1ccccc1)C(=O)OCc1ccccc1. The monoisotopic (exact) mass is 1480 g/mol. The van der Waals surface area contributed by atoms with Crippen LogP contribution in [-0.4, -0.2) is 80.9 Å². The Labute approximate surface area is 622 Å². The molecule has 2 aliphatic carbocycles. The number of benzene rings is 6. The molecule has 26 heteroatoms. The molecule has 0 saturated carbocycles. The van der Waals surface area contributed by atoms with Crippen LogP contribution in [0.25, 0.3) is 11.1 Å². The van der Waals surface area contributed by atoms with E-state index in [4.69, 9.17) is 47.9 Å². The minimum Gasteiger partial charge on any atom is -0.459 e. The van der Waals surface area contributed by atoms with Gasteiger partial charge in [0, 0.05) is 55.0 Å². The van der Waals surface area contributed by atoms with E-state index in [1.165, 1.54) is 26.0 Å². The Morgan fingerprint density at radius 1 is 0.407 bits per heavy atom. The van der Waals surface area contributed by atoms with Gasteiger partial charge >= 0.3 is 47.3 Å². The van der Waals surface area contributed by atoms with Gasteiger partial charge in [-0.05, 0) is 71.5 Å². The Kier molecular flexibility index (Phi) is 19.8. The maximum Gasteiger partial charge on any atom is 0.424 e. The zero-order valence-electron chi connectivity index (χ0n) is 57.0. The average Bonchev–Trinajstić information content (AvgIpc) is 1.36. The van der Waals surface area contributed by atoms with Gasteiger partial charge in [0.1, 0.15) is 95.9 Å². The van der Waals surface area contributed by atoms with E-state index in [2.05, 4.69) is 0 Å². The lowest BCUT2D eigenvalue weighted by atomic mass is 9.75. The van der Waals surface area contributed by atoms with Crippen LogP contribution in [0.15, 0.2) is 262 Å². The Morgan fingerprint density at radius 3 is 0.944 bits per heavy atom. The van der Waals surface area contributed by atoms with Crippen molar-refractivity contribution in [1.82, 2.24) is 9.80 Å². The van der Waals surface area contributed by atoms with Crippen molar-refractivity contribution in [1.29, 1.82) is 10.5 Å². The number of aliphatic imine (C=N–C) groups is 2. The third kappa shape index (κ3) is 13.5. The van der Waals surface area contributed by atoms with Crippen LogP contribution in [0.1, 0.15) is 68.1 Å². The predicted octanol–water partition coefficient (Wildman–Crippen LogP) is 13.0. The molecule has 2 aromatic heterocycles. The number of nitrogens with zero attached hydrogens (tertiary/aromatic N) is 6. The fourth-order valence-corrected chi connectivity index (χ4v) is 14.8. The molecule has 2 atom stereocenters. The summed E-state index contributed by atoms with van der Waals surface area (Å²) in [5.74, 6) is -12.0. The van der Waals surface area contributed by atoms with Crippen molar-refractivity contribution in [2.24, 2.45) is 21.8 Å². The van der Waals surface area contributed by atoms with Crippen LogP contribution in [0.3, 0.4) is 0 Å². The van der Waals surface area contributed by atoms with E-state index in [-0.39, 0.29) is 114 Å². The second kappa shape index (κ2) is 30.1. The maximum absolute atomic E-state index is 15.6. The van der Waals surface area contributed by atoms with Crippen LogP contribution >= 0.6 is 22.7 Å². The smallest absolute Gasteiger partial charge is 0.424 e. The Balaban J connectivity index is 0.923. The van der Waals surface area contributed by atoms with Gasteiger partial charge in [-0.3, -0.25) is 19.2 Å². The quantitative estimate of drug-likeness (QED) is 0.0333. The molecule has 4 aliphatic heterocycles. The fourth-order valence-electron chi connectivity index (χ4n) is 12.6. The molecule has 6 aromatic carbocycles. The van der Waals surface area contributed by atoms with Crippen molar-refractivity contribution in [2.75, 3.05) is 0 Å². The van der Waals surface area contributed by atoms with Gasteiger partial charge < -0.3 is 37.9 Å². The first kappa shape index (κ1) is 71.2. The number of nitriles is 2. The number of ether oxygens (including phenoxy) is 8. The second-order valence-electron chi connectivity index (χ2n) is 25.0. The van der Waals surface area contributed by atoms with Crippen LogP contribution in [0.2, 0.25) is 0 Å². The van der Waals surface area contributed by atoms with Gasteiger partial charge in [-0.2, -0.15) is 20.3 Å². The number of amides is 6. The van der Waals surface area contributed by atoms with Crippen molar-refractivity contribution in [3.63, 3.8) is 0 Å². The standard InChI is InChI=1S/C82H56N6O18S2/c1-47-59(39-83)71(89)87(79(97)103-45-53-29-17-7-18-30-53)73(91)67(47)85-65-37-61-69(107-65)57-33-55-36-64-58(34-56(55)35-63(57)105-81(61,75(93)99-41-49-21-9-3-10-22-49)76(94)100-42-50-23-11-4-12-24-50)70-62(82(106-64,77(95)101-43-51-25-13-5-14-26-51)78(96)102-44-52-27-15-6-16-28-52)38-66(108-70)86-68-48(2)60(40-84)72(90)88(74(68)92)80(98)104-46-54-31-19-8-20-32-54/h3-38,55-56H,41-46H2,1-2H3. The van der Waals surface area contributed by atoms with Crippen molar-refractivity contribution in [3.8, 4) is 12.1 Å². The van der Waals surface area contributed by atoms with Gasteiger partial charge in [0.25, 0.3) is 23.6 Å². The van der Waals surface area contributed by atoms with E-state index >= 15 is 19.2 Å². The highest BCUT2D eigenvalue weighted by Gasteiger charge is 2.62. The van der Waals surface area contributed by atoms with Crippen LogP contribution < -0.4 is 0 Å². The summed E-state index contributed by atoms with van der Waals surface area (Å²) in [6.45, 7) is 0.354. The molecule has 6 aliphatic rings. The first-order chi connectivity index (χ1) is 52.4. The highest BCUT2D eigenvalue weighted by molar-refractivity contribution is 7.17. The van der Waals surface area contributed by atoms with E-state index in [0.717, 1.165) is 22.7 Å². The number of fused-ring (bicyclic) bond motifs is 7. The van der Waals surface area contributed by atoms with Gasteiger partial charge in [-0.25, -0.2) is 38.8 Å². The molecule has 6 heterocycles. The zero-order chi connectivity index (χ0) is 75.4. The number of thiophene rings is 2. The molecule has 14 rings (SSSR count). The minimum absolute atomic E-state index is 0.0901. The van der Waals surface area contributed by atoms with Crippen molar-refractivity contribution >= 4 is 115 Å². The third-order valence-electron chi connectivity index (χ3n) is 18.1. The molecule has 24 nitrogen and oxygen atoms in total. The molecular formula is C82H56N6O18S2. The largest absolute Gasteiger partial charge is 0.459 e. The summed E-state index contributed by atoms with van der Waals surface area (Å²) in [6, 6.07) is 57.3. The van der Waals surface area contributed by atoms with Crippen LogP contribution in [0.5, 0.6) is 0 Å². The first-order valence-electron chi connectivity index (χ1n) is 33.4. The van der Waals surface area contributed by atoms with E-state index in [0.29, 0.717) is 33.4 Å². The Hall–Kier alpha value is -13.8. The normalized spacial score (nSPS) is 17.9. The summed E-state index contributed by atoms with van der Waals surface area (Å²) in [5.41, 5.74) is -5.34. The van der Waals surface area contributed by atoms with Gasteiger partial charge in [-0.15, -0.1) is 22.7 Å². The summed E-state index contributed by atoms with van der Waals surface area (Å²) in [5, 5.41) is 20.6. The maximum atomic E-state index is 15.6. The molecule has 108 heavy (non-hydrogen) atoms. The number of hydrogen-bond donors (Lipinski definition) is 0. The van der Waals surface area contributed by atoms with Crippen molar-refractivity contribution in [2.45, 2.75) is 64.7 Å². The summed E-state index contributed by atoms with van der Waals surface area (Å²) in [6.07, 6.45) is 3.82. The van der Waals surface area contributed by atoms with Crippen LogP contribution in [-0.2, 0) is 127 Å². The van der Waals surface area contributed by atoms with E-state index in [9.17, 15) is 39.3 Å². The molecular weight excluding hydrogens is 1420 g/mol. The Bertz CT molecular complexity index is 5000. The zero-order valence-corrected chi connectivity index (χ0v) is 58.7. The Morgan fingerprint density at radius 2 is 0.676 bits per heavy atom. The lowest BCUT2D eigenvalue weighted by Gasteiger charge is -2.41. The fraction of sp³-hybridized carbons (Fsp3) is 0.146. The minimum atomic E-state index is -2.86. The highest BCUT2D eigenvalue weighted by Crippen LogP contribution is 2.57. The molecule has 0 fully saturated rings. The summed E-state index contributed by atoms with van der Waals surface area (Å²) in [7, 11) is 0. The van der Waals surface area contributed by atoms with Gasteiger partial charge in [0.15, 0.2) is 0 Å². The number of rotatable bonds is 18. The molecule has 6 amide bonds. The number of imide groups is 6. The van der Waals surface area contributed by atoms with Crippen LogP contribution in [0.4, 0.5) is 19.6 Å². The predicted molar refractivity (Wildman–Crippen MR) is 386 cm³/mol. The van der Waals surface area contributed by atoms with Gasteiger partial charge in [0.05, 0.1) is 0 Å². The first-order valence-corrected chi connectivity index (χ1v) is 35.0. The number of carbonyl (C=O) groups excluding carboxylic acids is 10. The lowest BCUT2D eigenvalue weighted by molar-refractivity contribution is -0.191. The number of allylic oxidation sites excluding steroid dienone is 6. The lowest BCUT2D eigenvalue weighted by Crippen LogP contribution is -2.51. The third-order valence-corrected chi connectivity index (χ3v) is 20.3. The summed E-state index contributed by atoms with van der Waals surface area (Å²) >= 11 is 1.68. The van der Waals surface area contributed by atoms with E-state index in [1.54, 1.807) is 218 Å². The molecule has 0 spiro atoms. The molecule has 0 saturated heterocycles. The molecule has 8 aromatic rings. The second-order valence-corrected chi connectivity index (χ2v) is 27.0. The number of carbonyl (C=O) groups is 10. The number of esters is 4.